The predicted octanol–water partition coefficient (Wildman–Crippen LogP) is 4.86. The normalized spacial score (nSPS) is 12.7. The number of methoxy groups -OCH3 is 1. The third-order valence-corrected chi connectivity index (χ3v) is 5.48. The Balaban J connectivity index is 1.95. The van der Waals surface area contributed by atoms with Gasteiger partial charge in [-0.1, -0.05) is 51.1 Å². The molecule has 0 aliphatic carbocycles. The molecule has 1 aromatic heterocycles. The van der Waals surface area contributed by atoms with E-state index in [0.717, 1.165) is 23.3 Å². The Bertz CT molecular complexity index is 910. The van der Waals surface area contributed by atoms with Crippen LogP contribution in [0.15, 0.2) is 54.7 Å². The van der Waals surface area contributed by atoms with Gasteiger partial charge in [-0.3, -0.25) is 4.79 Å². The van der Waals surface area contributed by atoms with Crippen molar-refractivity contribution in [3.05, 3.63) is 65.9 Å². The van der Waals surface area contributed by atoms with Crippen molar-refractivity contribution in [2.45, 2.75) is 33.1 Å². The van der Waals surface area contributed by atoms with E-state index in [1.807, 2.05) is 45.0 Å². The smallest absolute Gasteiger partial charge is 0.225 e. The van der Waals surface area contributed by atoms with Crippen molar-refractivity contribution in [2.75, 3.05) is 13.7 Å². The fraction of sp³-hybridized carbons (Fsp3) is 0.348. The average molecular weight is 364 g/mol. The van der Waals surface area contributed by atoms with Gasteiger partial charge in [-0.15, -0.1) is 0 Å². The molecule has 3 rings (SSSR count). The minimum Gasteiger partial charge on any atom is -0.497 e. The van der Waals surface area contributed by atoms with Crippen LogP contribution in [0.4, 0.5) is 0 Å². The molecule has 1 heterocycles. The van der Waals surface area contributed by atoms with Gasteiger partial charge in [0.25, 0.3) is 0 Å². The van der Waals surface area contributed by atoms with Gasteiger partial charge in [0.15, 0.2) is 0 Å². The van der Waals surface area contributed by atoms with Gasteiger partial charge in [0.2, 0.25) is 5.91 Å². The van der Waals surface area contributed by atoms with Crippen LogP contribution in [0.1, 0.15) is 44.2 Å². The van der Waals surface area contributed by atoms with E-state index in [-0.39, 0.29) is 17.2 Å². The third kappa shape index (κ3) is 4.00. The molecule has 1 unspecified atom stereocenters. The van der Waals surface area contributed by atoms with Gasteiger partial charge in [0, 0.05) is 35.0 Å². The highest BCUT2D eigenvalue weighted by molar-refractivity contribution is 5.85. The quantitative estimate of drug-likeness (QED) is 0.629. The molecular formula is C23H28N2O2. The number of aromatic nitrogens is 1. The number of amides is 1. The number of carbonyl (C=O) groups excluding carboxylic acids is 1. The van der Waals surface area contributed by atoms with Gasteiger partial charge in [-0.25, -0.2) is 0 Å². The molecule has 3 aromatic rings. The molecule has 2 N–H and O–H groups in total. The molecule has 1 atom stereocenters. The van der Waals surface area contributed by atoms with Gasteiger partial charge in [0.1, 0.15) is 5.75 Å². The minimum absolute atomic E-state index is 0.0589. The molecule has 27 heavy (non-hydrogen) atoms. The lowest BCUT2D eigenvalue weighted by Gasteiger charge is -2.24. The SMILES string of the molecule is CCC(C)(C)C(=O)NCC(c1ccc(OC)cc1)c1c[nH]c2ccccc12. The standard InChI is InChI=1S/C23H28N2O2/c1-5-23(2,3)22(26)25-14-19(16-10-12-17(27-4)13-11-16)20-15-24-21-9-7-6-8-18(20)21/h6-13,15,19,24H,5,14H2,1-4H3,(H,25,26). The Morgan fingerprint density at radius 3 is 2.52 bits per heavy atom. The zero-order valence-electron chi connectivity index (χ0n) is 16.5. The first-order chi connectivity index (χ1) is 13.0. The molecule has 0 aliphatic heterocycles. The molecule has 0 saturated heterocycles. The fourth-order valence-electron chi connectivity index (χ4n) is 3.22. The molecule has 4 nitrogen and oxygen atoms in total. The number of nitrogens with one attached hydrogen (secondary N) is 2. The zero-order chi connectivity index (χ0) is 19.4. The molecule has 0 fully saturated rings. The summed E-state index contributed by atoms with van der Waals surface area (Å²) in [5, 5.41) is 4.35. The number of aromatic amines is 1. The number of benzene rings is 2. The lowest BCUT2D eigenvalue weighted by molar-refractivity contribution is -0.129. The Kier molecular flexibility index (Phi) is 5.54. The molecule has 2 aromatic carbocycles. The molecule has 0 bridgehead atoms. The summed E-state index contributed by atoms with van der Waals surface area (Å²) in [6.45, 7) is 6.56. The summed E-state index contributed by atoms with van der Waals surface area (Å²) < 4.78 is 5.29. The number of ether oxygens (including phenoxy) is 1. The van der Waals surface area contributed by atoms with Crippen LogP contribution in [0.3, 0.4) is 0 Å². The number of fused-ring (bicyclic) bond motifs is 1. The number of H-pyrrole nitrogens is 1. The lowest BCUT2D eigenvalue weighted by Crippen LogP contribution is -2.38. The predicted molar refractivity (Wildman–Crippen MR) is 110 cm³/mol. The van der Waals surface area contributed by atoms with Gasteiger partial charge >= 0.3 is 0 Å². The monoisotopic (exact) mass is 364 g/mol. The first-order valence-electron chi connectivity index (χ1n) is 9.44. The number of hydrogen-bond acceptors (Lipinski definition) is 2. The topological polar surface area (TPSA) is 54.1 Å². The highest BCUT2D eigenvalue weighted by atomic mass is 16.5. The summed E-state index contributed by atoms with van der Waals surface area (Å²) in [6, 6.07) is 16.3. The summed E-state index contributed by atoms with van der Waals surface area (Å²) in [4.78, 5) is 16.0. The molecule has 0 spiro atoms. The van der Waals surface area contributed by atoms with Crippen LogP contribution >= 0.6 is 0 Å². The summed E-state index contributed by atoms with van der Waals surface area (Å²) in [5.74, 6) is 0.972. The maximum Gasteiger partial charge on any atom is 0.225 e. The van der Waals surface area contributed by atoms with Gasteiger partial charge in [-0.2, -0.15) is 0 Å². The van der Waals surface area contributed by atoms with E-state index < -0.39 is 0 Å². The van der Waals surface area contributed by atoms with E-state index in [1.165, 1.54) is 10.9 Å². The van der Waals surface area contributed by atoms with E-state index in [9.17, 15) is 4.79 Å². The summed E-state index contributed by atoms with van der Waals surface area (Å²) in [6.07, 6.45) is 2.86. The fourth-order valence-corrected chi connectivity index (χ4v) is 3.22. The van der Waals surface area contributed by atoms with Crippen LogP contribution in [0.25, 0.3) is 10.9 Å². The van der Waals surface area contributed by atoms with Gasteiger partial charge in [-0.05, 0) is 35.7 Å². The molecule has 0 radical (unpaired) electrons. The van der Waals surface area contributed by atoms with E-state index in [4.69, 9.17) is 4.74 Å². The summed E-state index contributed by atoms with van der Waals surface area (Å²) in [5.41, 5.74) is 3.07. The van der Waals surface area contributed by atoms with Crippen LogP contribution in [-0.4, -0.2) is 24.5 Å². The first kappa shape index (κ1) is 19.0. The number of carbonyl (C=O) groups is 1. The van der Waals surface area contributed by atoms with E-state index in [1.54, 1.807) is 7.11 Å². The highest BCUT2D eigenvalue weighted by Crippen LogP contribution is 2.32. The largest absolute Gasteiger partial charge is 0.497 e. The van der Waals surface area contributed by atoms with Crippen LogP contribution in [0.5, 0.6) is 5.75 Å². The Hall–Kier alpha value is -2.75. The molecule has 0 saturated carbocycles. The zero-order valence-corrected chi connectivity index (χ0v) is 16.5. The van der Waals surface area contributed by atoms with E-state index >= 15 is 0 Å². The molecule has 1 amide bonds. The van der Waals surface area contributed by atoms with Crippen molar-refractivity contribution >= 4 is 16.8 Å². The molecule has 4 heteroatoms. The Morgan fingerprint density at radius 1 is 1.15 bits per heavy atom. The summed E-state index contributed by atoms with van der Waals surface area (Å²) >= 11 is 0. The van der Waals surface area contributed by atoms with Crippen LogP contribution in [0, 0.1) is 5.41 Å². The van der Waals surface area contributed by atoms with Gasteiger partial charge in [0.05, 0.1) is 7.11 Å². The van der Waals surface area contributed by atoms with Crippen molar-refractivity contribution in [3.8, 4) is 5.75 Å². The van der Waals surface area contributed by atoms with Crippen molar-refractivity contribution in [1.29, 1.82) is 0 Å². The molecule has 0 aliphatic rings. The maximum atomic E-state index is 12.6. The Morgan fingerprint density at radius 2 is 1.85 bits per heavy atom. The van der Waals surface area contributed by atoms with Crippen LogP contribution < -0.4 is 10.1 Å². The minimum atomic E-state index is -0.370. The van der Waals surface area contributed by atoms with Gasteiger partial charge < -0.3 is 15.0 Å². The highest BCUT2D eigenvalue weighted by Gasteiger charge is 2.27. The van der Waals surface area contributed by atoms with Crippen LogP contribution in [0.2, 0.25) is 0 Å². The Labute approximate surface area is 160 Å². The number of rotatable bonds is 7. The summed E-state index contributed by atoms with van der Waals surface area (Å²) in [7, 11) is 1.67. The second-order valence-electron chi connectivity index (χ2n) is 7.56. The van der Waals surface area contributed by atoms with E-state index in [2.05, 4.69) is 40.8 Å². The molecular weight excluding hydrogens is 336 g/mol. The van der Waals surface area contributed by atoms with Crippen molar-refractivity contribution in [2.24, 2.45) is 5.41 Å². The first-order valence-corrected chi connectivity index (χ1v) is 9.44. The lowest BCUT2D eigenvalue weighted by atomic mass is 9.87. The van der Waals surface area contributed by atoms with Crippen LogP contribution in [-0.2, 0) is 4.79 Å². The third-order valence-electron chi connectivity index (χ3n) is 5.48. The second-order valence-corrected chi connectivity index (χ2v) is 7.56. The van der Waals surface area contributed by atoms with Crippen molar-refractivity contribution in [1.82, 2.24) is 10.3 Å². The van der Waals surface area contributed by atoms with E-state index in [0.29, 0.717) is 6.54 Å². The van der Waals surface area contributed by atoms with Crippen molar-refractivity contribution in [3.63, 3.8) is 0 Å². The number of para-hydroxylation sites is 1. The van der Waals surface area contributed by atoms with Crippen molar-refractivity contribution < 1.29 is 9.53 Å². The second kappa shape index (κ2) is 7.87. The average Bonchev–Trinajstić information content (AvgIpc) is 3.12. The number of hydrogen-bond donors (Lipinski definition) is 2. The maximum absolute atomic E-state index is 12.6. The molecule has 142 valence electrons.